The van der Waals surface area contributed by atoms with Crippen molar-refractivity contribution in [2.75, 3.05) is 11.9 Å². The van der Waals surface area contributed by atoms with Gasteiger partial charge < -0.3 is 9.73 Å². The van der Waals surface area contributed by atoms with Crippen LogP contribution in [0.4, 0.5) is 5.82 Å². The average molecular weight is 236 g/mol. The minimum Gasteiger partial charge on any atom is -0.440 e. The van der Waals surface area contributed by atoms with Gasteiger partial charge >= 0.3 is 0 Å². The number of anilines is 1. The predicted octanol–water partition coefficient (Wildman–Crippen LogP) is 2.44. The summed E-state index contributed by atoms with van der Waals surface area (Å²) in [5.41, 5.74) is 0. The lowest BCUT2D eigenvalue weighted by Crippen LogP contribution is -2.02. The van der Waals surface area contributed by atoms with Gasteiger partial charge in [-0.2, -0.15) is 0 Å². The SMILES string of the molecule is CCCNc1cc(Sc2ncco2)ncn1. The zero-order chi connectivity index (χ0) is 11.2. The predicted molar refractivity (Wildman–Crippen MR) is 61.4 cm³/mol. The highest BCUT2D eigenvalue weighted by Gasteiger charge is 2.04. The van der Waals surface area contributed by atoms with E-state index in [-0.39, 0.29) is 0 Å². The summed E-state index contributed by atoms with van der Waals surface area (Å²) >= 11 is 1.37. The number of rotatable bonds is 5. The highest BCUT2D eigenvalue weighted by atomic mass is 32.2. The molecule has 0 amide bonds. The van der Waals surface area contributed by atoms with Crippen LogP contribution >= 0.6 is 11.8 Å². The molecule has 2 heterocycles. The minimum atomic E-state index is 0.583. The molecule has 0 bridgehead atoms. The fourth-order valence-corrected chi connectivity index (χ4v) is 1.76. The monoisotopic (exact) mass is 236 g/mol. The Morgan fingerprint density at radius 2 is 2.31 bits per heavy atom. The number of hydrogen-bond acceptors (Lipinski definition) is 6. The van der Waals surface area contributed by atoms with E-state index in [4.69, 9.17) is 4.42 Å². The van der Waals surface area contributed by atoms with Crippen molar-refractivity contribution in [1.29, 1.82) is 0 Å². The Balaban J connectivity index is 2.04. The molecule has 0 aromatic carbocycles. The first-order chi connectivity index (χ1) is 7.88. The summed E-state index contributed by atoms with van der Waals surface area (Å²) in [5, 5.41) is 4.60. The van der Waals surface area contributed by atoms with Crippen LogP contribution in [0.1, 0.15) is 13.3 Å². The Kier molecular flexibility index (Phi) is 3.76. The van der Waals surface area contributed by atoms with Gasteiger partial charge in [0.25, 0.3) is 5.22 Å². The molecule has 84 valence electrons. The second-order valence-corrected chi connectivity index (χ2v) is 4.04. The van der Waals surface area contributed by atoms with Gasteiger partial charge in [-0.25, -0.2) is 15.0 Å². The van der Waals surface area contributed by atoms with Crippen LogP contribution in [0.3, 0.4) is 0 Å². The lowest BCUT2D eigenvalue weighted by Gasteiger charge is -2.03. The summed E-state index contributed by atoms with van der Waals surface area (Å²) in [5.74, 6) is 0.825. The molecule has 6 heteroatoms. The summed E-state index contributed by atoms with van der Waals surface area (Å²) in [4.78, 5) is 12.3. The summed E-state index contributed by atoms with van der Waals surface area (Å²) < 4.78 is 5.13. The molecule has 0 radical (unpaired) electrons. The van der Waals surface area contributed by atoms with Gasteiger partial charge in [-0.05, 0) is 18.2 Å². The smallest absolute Gasteiger partial charge is 0.261 e. The van der Waals surface area contributed by atoms with E-state index in [2.05, 4.69) is 27.2 Å². The van der Waals surface area contributed by atoms with Crippen LogP contribution in [-0.2, 0) is 0 Å². The zero-order valence-electron chi connectivity index (χ0n) is 8.88. The third-order valence-electron chi connectivity index (χ3n) is 1.80. The summed E-state index contributed by atoms with van der Waals surface area (Å²) in [7, 11) is 0. The first-order valence-electron chi connectivity index (χ1n) is 5.01. The highest BCUT2D eigenvalue weighted by Crippen LogP contribution is 2.24. The quantitative estimate of drug-likeness (QED) is 0.804. The molecule has 0 fully saturated rings. The molecule has 0 unspecified atom stereocenters. The van der Waals surface area contributed by atoms with Crippen LogP contribution in [0.25, 0.3) is 0 Å². The third kappa shape index (κ3) is 2.96. The van der Waals surface area contributed by atoms with Gasteiger partial charge in [0.05, 0.1) is 6.20 Å². The molecular weight excluding hydrogens is 224 g/mol. The van der Waals surface area contributed by atoms with Crippen molar-refractivity contribution in [2.45, 2.75) is 23.6 Å². The maximum Gasteiger partial charge on any atom is 0.261 e. The number of nitrogens with one attached hydrogen (secondary N) is 1. The second kappa shape index (κ2) is 5.50. The average Bonchev–Trinajstić information content (AvgIpc) is 2.80. The van der Waals surface area contributed by atoms with Gasteiger partial charge in [0.15, 0.2) is 0 Å². The molecule has 2 rings (SSSR count). The number of nitrogens with zero attached hydrogens (tertiary/aromatic N) is 3. The molecule has 16 heavy (non-hydrogen) atoms. The third-order valence-corrected chi connectivity index (χ3v) is 2.61. The zero-order valence-corrected chi connectivity index (χ0v) is 9.70. The van der Waals surface area contributed by atoms with Gasteiger partial charge in [0.2, 0.25) is 0 Å². The molecule has 0 saturated carbocycles. The Bertz CT molecular complexity index is 432. The van der Waals surface area contributed by atoms with Crippen LogP contribution in [0.2, 0.25) is 0 Å². The first kappa shape index (κ1) is 10.9. The van der Waals surface area contributed by atoms with Crippen LogP contribution in [0.15, 0.2) is 39.5 Å². The Morgan fingerprint density at radius 1 is 1.38 bits per heavy atom. The molecule has 0 aliphatic heterocycles. The van der Waals surface area contributed by atoms with Crippen molar-refractivity contribution >= 4 is 17.6 Å². The maximum absolute atomic E-state index is 5.13. The van der Waals surface area contributed by atoms with Crippen molar-refractivity contribution in [1.82, 2.24) is 15.0 Å². The largest absolute Gasteiger partial charge is 0.440 e. The number of oxazole rings is 1. The molecule has 0 aliphatic rings. The lowest BCUT2D eigenvalue weighted by molar-refractivity contribution is 0.454. The van der Waals surface area contributed by atoms with Gasteiger partial charge in [0, 0.05) is 12.6 Å². The minimum absolute atomic E-state index is 0.583. The molecule has 2 aromatic rings. The van der Waals surface area contributed by atoms with Crippen LogP contribution in [0.5, 0.6) is 0 Å². The maximum atomic E-state index is 5.13. The van der Waals surface area contributed by atoms with Crippen LogP contribution in [0, 0.1) is 0 Å². The van der Waals surface area contributed by atoms with Crippen molar-refractivity contribution in [2.24, 2.45) is 0 Å². The molecule has 0 aliphatic carbocycles. The summed E-state index contributed by atoms with van der Waals surface area (Å²) in [6.07, 6.45) is 5.75. The van der Waals surface area contributed by atoms with Crippen LogP contribution in [-0.4, -0.2) is 21.5 Å². The molecule has 5 nitrogen and oxygen atoms in total. The van der Waals surface area contributed by atoms with E-state index in [0.717, 1.165) is 23.8 Å². The molecular formula is C10H12N4OS. The first-order valence-corrected chi connectivity index (χ1v) is 5.83. The van der Waals surface area contributed by atoms with E-state index in [1.54, 1.807) is 12.5 Å². The van der Waals surface area contributed by atoms with Crippen LogP contribution < -0.4 is 5.32 Å². The van der Waals surface area contributed by atoms with E-state index in [1.165, 1.54) is 18.1 Å². The Morgan fingerprint density at radius 3 is 3.06 bits per heavy atom. The molecule has 0 saturated heterocycles. The second-order valence-electron chi connectivity index (χ2n) is 3.07. The fourth-order valence-electron chi connectivity index (χ4n) is 1.10. The molecule has 2 aromatic heterocycles. The topological polar surface area (TPSA) is 63.8 Å². The normalized spacial score (nSPS) is 10.3. The summed E-state index contributed by atoms with van der Waals surface area (Å²) in [6.45, 7) is 3.01. The Hall–Kier alpha value is -1.56. The number of aromatic nitrogens is 3. The van der Waals surface area contributed by atoms with Crippen molar-refractivity contribution in [3.63, 3.8) is 0 Å². The summed E-state index contributed by atoms with van der Waals surface area (Å²) in [6, 6.07) is 1.88. The number of hydrogen-bond donors (Lipinski definition) is 1. The molecule has 0 atom stereocenters. The van der Waals surface area contributed by atoms with Gasteiger partial charge in [-0.1, -0.05) is 6.92 Å². The van der Waals surface area contributed by atoms with E-state index in [9.17, 15) is 0 Å². The molecule has 0 spiro atoms. The fraction of sp³-hybridized carbons (Fsp3) is 0.300. The van der Waals surface area contributed by atoms with E-state index in [0.29, 0.717) is 5.22 Å². The van der Waals surface area contributed by atoms with Gasteiger partial charge in [-0.15, -0.1) is 0 Å². The van der Waals surface area contributed by atoms with Gasteiger partial charge in [-0.3, -0.25) is 0 Å². The van der Waals surface area contributed by atoms with Crippen molar-refractivity contribution in [3.05, 3.63) is 24.9 Å². The highest BCUT2D eigenvalue weighted by molar-refractivity contribution is 7.99. The van der Waals surface area contributed by atoms with E-state index >= 15 is 0 Å². The standard InChI is InChI=1S/C10H12N4OS/c1-2-3-11-8-6-9(14-7-13-8)16-10-12-4-5-15-10/h4-7H,2-3H2,1H3,(H,11,13,14). The molecule has 1 N–H and O–H groups in total. The lowest BCUT2D eigenvalue weighted by atomic mass is 10.4. The van der Waals surface area contributed by atoms with Gasteiger partial charge in [0.1, 0.15) is 23.4 Å². The van der Waals surface area contributed by atoms with E-state index < -0.39 is 0 Å². The van der Waals surface area contributed by atoms with Crippen molar-refractivity contribution in [3.8, 4) is 0 Å². The Labute approximate surface area is 97.7 Å². The van der Waals surface area contributed by atoms with E-state index in [1.807, 2.05) is 6.07 Å². The van der Waals surface area contributed by atoms with Crippen molar-refractivity contribution < 1.29 is 4.42 Å².